The number of anilines is 3. The van der Waals surface area contributed by atoms with Crippen molar-refractivity contribution in [3.8, 4) is 0 Å². The van der Waals surface area contributed by atoms with Gasteiger partial charge in [0.25, 0.3) is 5.91 Å². The van der Waals surface area contributed by atoms with Crippen molar-refractivity contribution in [3.63, 3.8) is 0 Å². The van der Waals surface area contributed by atoms with Gasteiger partial charge < -0.3 is 30.3 Å². The Morgan fingerprint density at radius 3 is 2.63 bits per heavy atom. The zero-order valence-electron chi connectivity index (χ0n) is 22.5. The van der Waals surface area contributed by atoms with E-state index in [1.54, 1.807) is 4.52 Å². The Balaban J connectivity index is 1.04. The third-order valence-corrected chi connectivity index (χ3v) is 8.67. The Hall–Kier alpha value is -3.70. The van der Waals surface area contributed by atoms with Crippen LogP contribution in [-0.2, 0) is 10.3 Å². The second kappa shape index (κ2) is 10.6. The van der Waals surface area contributed by atoms with Gasteiger partial charge in [-0.05, 0) is 66.9 Å². The first kappa shape index (κ1) is 26.2. The number of aromatic nitrogens is 3. The Kier molecular flexibility index (Phi) is 6.78. The standard InChI is InChI=1S/C30H32ClN7O3/c31-22-7-5-21(6-8-22)30(40)11-14-36(15-12-30)26-2-1-13-38-27(26)34-29(35-38)33-23-9-3-20(4-10-23)28(39)37-18-25-17-32-16-24(37)19-41-25/h1-10,13,24-25,32,40H,11-12,14-19H2,(H,33,35). The van der Waals surface area contributed by atoms with Gasteiger partial charge in [-0.2, -0.15) is 4.98 Å². The van der Waals surface area contributed by atoms with Crippen LogP contribution in [0.2, 0.25) is 5.02 Å². The number of carbonyl (C=O) groups excluding carboxylic acids is 1. The van der Waals surface area contributed by atoms with Gasteiger partial charge in [0.05, 0.1) is 30.0 Å². The van der Waals surface area contributed by atoms with Gasteiger partial charge in [0.1, 0.15) is 0 Å². The maximum atomic E-state index is 13.2. The van der Waals surface area contributed by atoms with E-state index in [4.69, 9.17) is 21.3 Å². The molecule has 41 heavy (non-hydrogen) atoms. The van der Waals surface area contributed by atoms with Gasteiger partial charge >= 0.3 is 0 Å². The van der Waals surface area contributed by atoms with Crippen molar-refractivity contribution in [2.24, 2.45) is 0 Å². The number of nitrogens with zero attached hydrogens (tertiary/aromatic N) is 5. The lowest BCUT2D eigenvalue weighted by Crippen LogP contribution is -2.52. The number of aliphatic hydroxyl groups is 1. The number of amides is 1. The lowest BCUT2D eigenvalue weighted by Gasteiger charge is -2.39. The van der Waals surface area contributed by atoms with Crippen LogP contribution in [0.3, 0.4) is 0 Å². The van der Waals surface area contributed by atoms with Crippen LogP contribution >= 0.6 is 11.6 Å². The summed E-state index contributed by atoms with van der Waals surface area (Å²) in [5.74, 6) is 0.498. The van der Waals surface area contributed by atoms with Crippen molar-refractivity contribution in [3.05, 3.63) is 83.0 Å². The molecule has 0 saturated carbocycles. The predicted molar refractivity (Wildman–Crippen MR) is 157 cm³/mol. The number of halogens is 1. The number of pyridine rings is 1. The first-order chi connectivity index (χ1) is 19.9. The van der Waals surface area contributed by atoms with E-state index in [0.29, 0.717) is 55.6 Å². The summed E-state index contributed by atoms with van der Waals surface area (Å²) in [6.07, 6.45) is 3.12. The molecular weight excluding hydrogens is 542 g/mol. The number of hydrogen-bond donors (Lipinski definition) is 3. The van der Waals surface area contributed by atoms with Crippen LogP contribution in [-0.4, -0.2) is 82.0 Å². The van der Waals surface area contributed by atoms with Gasteiger partial charge in [0.15, 0.2) is 5.65 Å². The molecule has 1 amide bonds. The molecule has 8 rings (SSSR count). The number of morpholine rings is 1. The highest BCUT2D eigenvalue weighted by Gasteiger charge is 2.36. The lowest BCUT2D eigenvalue weighted by atomic mass is 9.84. The number of piperidine rings is 1. The number of fused-ring (bicyclic) bond motifs is 5. The molecule has 0 radical (unpaired) electrons. The summed E-state index contributed by atoms with van der Waals surface area (Å²) in [5, 5.41) is 23.2. The van der Waals surface area contributed by atoms with Crippen LogP contribution in [0, 0.1) is 0 Å². The second-order valence-electron chi connectivity index (χ2n) is 11.0. The Labute approximate surface area is 242 Å². The minimum absolute atomic E-state index is 0.0264. The van der Waals surface area contributed by atoms with Crippen molar-refractivity contribution in [2.75, 3.05) is 49.5 Å². The molecule has 4 saturated heterocycles. The molecule has 4 fully saturated rings. The maximum Gasteiger partial charge on any atom is 0.254 e. The van der Waals surface area contributed by atoms with Crippen LogP contribution in [0.1, 0.15) is 28.8 Å². The predicted octanol–water partition coefficient (Wildman–Crippen LogP) is 3.43. The highest BCUT2D eigenvalue weighted by atomic mass is 35.5. The van der Waals surface area contributed by atoms with E-state index in [9.17, 15) is 9.90 Å². The first-order valence-corrected chi connectivity index (χ1v) is 14.4. The molecule has 10 nitrogen and oxygen atoms in total. The van der Waals surface area contributed by atoms with Crippen molar-refractivity contribution < 1.29 is 14.6 Å². The highest BCUT2D eigenvalue weighted by Crippen LogP contribution is 2.36. The van der Waals surface area contributed by atoms with Crippen LogP contribution in [0.25, 0.3) is 5.65 Å². The summed E-state index contributed by atoms with van der Waals surface area (Å²) in [6.45, 7) is 4.09. The minimum Gasteiger partial charge on any atom is -0.385 e. The van der Waals surface area contributed by atoms with E-state index in [2.05, 4.69) is 20.6 Å². The number of ether oxygens (including phenoxy) is 1. The maximum absolute atomic E-state index is 13.2. The number of carbonyl (C=O) groups is 1. The van der Waals surface area contributed by atoms with Crippen LogP contribution in [0.5, 0.6) is 0 Å². The topological polar surface area (TPSA) is 107 Å². The summed E-state index contributed by atoms with van der Waals surface area (Å²) in [5.41, 5.74) is 3.18. The number of benzene rings is 2. The molecule has 0 spiro atoms. The van der Waals surface area contributed by atoms with E-state index in [0.717, 1.165) is 35.7 Å². The van der Waals surface area contributed by atoms with Gasteiger partial charge in [-0.25, -0.2) is 4.52 Å². The van der Waals surface area contributed by atoms with Crippen LogP contribution < -0.4 is 15.5 Å². The molecule has 3 N–H and O–H groups in total. The van der Waals surface area contributed by atoms with E-state index >= 15 is 0 Å². The molecule has 0 aliphatic carbocycles. The SMILES string of the molecule is O=C(c1ccc(Nc2nc3c(N4CCC(O)(c5ccc(Cl)cc5)CC4)cccn3n2)cc1)N1CC2CNCC1CO2. The minimum atomic E-state index is -0.877. The van der Waals surface area contributed by atoms with E-state index in [-0.39, 0.29) is 18.1 Å². The average Bonchev–Trinajstić information content (AvgIpc) is 3.13. The molecule has 11 heteroatoms. The van der Waals surface area contributed by atoms with Crippen molar-refractivity contribution >= 4 is 40.5 Å². The van der Waals surface area contributed by atoms with Gasteiger partial charge in [-0.1, -0.05) is 23.7 Å². The summed E-state index contributed by atoms with van der Waals surface area (Å²) >= 11 is 6.04. The molecule has 4 aliphatic rings. The zero-order valence-corrected chi connectivity index (χ0v) is 23.3. The van der Waals surface area contributed by atoms with Gasteiger partial charge in [-0.15, -0.1) is 5.10 Å². The molecule has 2 unspecified atom stereocenters. The van der Waals surface area contributed by atoms with Crippen molar-refractivity contribution in [2.45, 2.75) is 30.6 Å². The van der Waals surface area contributed by atoms with Gasteiger partial charge in [0.2, 0.25) is 5.95 Å². The lowest BCUT2D eigenvalue weighted by molar-refractivity contribution is -0.0321. The summed E-state index contributed by atoms with van der Waals surface area (Å²) in [7, 11) is 0. The molecule has 2 bridgehead atoms. The largest absolute Gasteiger partial charge is 0.385 e. The van der Waals surface area contributed by atoms with Crippen LogP contribution in [0.15, 0.2) is 66.9 Å². The Morgan fingerprint density at radius 1 is 1.07 bits per heavy atom. The van der Waals surface area contributed by atoms with Gasteiger partial charge in [0, 0.05) is 55.2 Å². The van der Waals surface area contributed by atoms with E-state index < -0.39 is 5.60 Å². The number of nitrogens with one attached hydrogen (secondary N) is 2. The molecule has 2 aromatic carbocycles. The summed E-state index contributed by atoms with van der Waals surface area (Å²) in [4.78, 5) is 22.2. The molecule has 4 aromatic rings. The first-order valence-electron chi connectivity index (χ1n) is 14.0. The number of rotatable bonds is 5. The molecule has 6 heterocycles. The molecule has 2 aromatic heterocycles. The fraction of sp³-hybridized carbons (Fsp3) is 0.367. The third kappa shape index (κ3) is 5.12. The Morgan fingerprint density at radius 2 is 1.85 bits per heavy atom. The Bertz CT molecular complexity index is 1550. The monoisotopic (exact) mass is 573 g/mol. The fourth-order valence-electron chi connectivity index (χ4n) is 6.06. The van der Waals surface area contributed by atoms with Crippen LogP contribution in [0.4, 0.5) is 17.3 Å². The summed E-state index contributed by atoms with van der Waals surface area (Å²) in [6, 6.07) is 19.0. The zero-order chi connectivity index (χ0) is 28.0. The molecule has 2 atom stereocenters. The highest BCUT2D eigenvalue weighted by molar-refractivity contribution is 6.30. The third-order valence-electron chi connectivity index (χ3n) is 8.42. The van der Waals surface area contributed by atoms with Gasteiger partial charge in [-0.3, -0.25) is 4.79 Å². The second-order valence-corrected chi connectivity index (χ2v) is 11.5. The normalized spacial score (nSPS) is 22.1. The summed E-state index contributed by atoms with van der Waals surface area (Å²) < 4.78 is 7.57. The fourth-order valence-corrected chi connectivity index (χ4v) is 6.19. The van der Waals surface area contributed by atoms with E-state index in [1.807, 2.05) is 71.8 Å². The smallest absolute Gasteiger partial charge is 0.254 e. The molecule has 4 aliphatic heterocycles. The number of hydrogen-bond acceptors (Lipinski definition) is 8. The quantitative estimate of drug-likeness (QED) is 0.333. The average molecular weight is 574 g/mol. The molecule has 212 valence electrons. The van der Waals surface area contributed by atoms with E-state index in [1.165, 1.54) is 0 Å². The van der Waals surface area contributed by atoms with Crippen molar-refractivity contribution in [1.82, 2.24) is 24.8 Å². The molecular formula is C30H32ClN7O3. The van der Waals surface area contributed by atoms with Crippen molar-refractivity contribution in [1.29, 1.82) is 0 Å².